The first-order chi connectivity index (χ1) is 9.58. The van der Waals surface area contributed by atoms with Gasteiger partial charge in [-0.1, -0.05) is 29.8 Å². The minimum Gasteiger partial charge on any atom is -0.398 e. The number of rotatable bonds is 1. The number of para-hydroxylation sites is 1. The summed E-state index contributed by atoms with van der Waals surface area (Å²) in [4.78, 5) is 14.6. The second-order valence-corrected chi connectivity index (χ2v) is 5.53. The fraction of sp³-hybridized carbons (Fsp3) is 0.188. The fourth-order valence-electron chi connectivity index (χ4n) is 2.73. The zero-order valence-corrected chi connectivity index (χ0v) is 11.9. The Balaban J connectivity index is 2.03. The number of benzene rings is 2. The molecule has 1 atom stereocenters. The zero-order valence-electron chi connectivity index (χ0n) is 11.1. The van der Waals surface area contributed by atoms with Crippen molar-refractivity contribution in [3.63, 3.8) is 0 Å². The van der Waals surface area contributed by atoms with Gasteiger partial charge in [0.1, 0.15) is 0 Å². The number of fused-ring (bicyclic) bond motifs is 1. The highest BCUT2D eigenvalue weighted by Gasteiger charge is 2.31. The van der Waals surface area contributed by atoms with Crippen LogP contribution in [0.1, 0.15) is 22.8 Å². The molecule has 1 amide bonds. The smallest absolute Gasteiger partial charge is 0.260 e. The molecule has 1 aliphatic rings. The number of halogens is 1. The number of carbonyl (C=O) groups excluding carboxylic acids is 1. The predicted octanol–water partition coefficient (Wildman–Crippen LogP) is 3.51. The maximum absolute atomic E-state index is 12.8. The molecular formula is C16H15ClN2O. The molecule has 1 unspecified atom stereocenters. The van der Waals surface area contributed by atoms with Crippen LogP contribution in [0, 0.1) is 0 Å². The van der Waals surface area contributed by atoms with E-state index in [1.54, 1.807) is 18.2 Å². The lowest BCUT2D eigenvalue weighted by molar-refractivity contribution is 0.0982. The van der Waals surface area contributed by atoms with Crippen molar-refractivity contribution in [2.24, 2.45) is 0 Å². The Hall–Kier alpha value is -2.00. The van der Waals surface area contributed by atoms with Crippen molar-refractivity contribution in [2.45, 2.75) is 19.4 Å². The molecule has 2 N–H and O–H groups in total. The molecule has 0 saturated carbocycles. The van der Waals surface area contributed by atoms with Crippen LogP contribution in [0.4, 0.5) is 11.4 Å². The number of nitrogen functional groups attached to an aromatic ring is 1. The average Bonchev–Trinajstić information content (AvgIpc) is 2.73. The van der Waals surface area contributed by atoms with Crippen molar-refractivity contribution in [3.05, 3.63) is 58.6 Å². The third-order valence-corrected chi connectivity index (χ3v) is 3.91. The summed E-state index contributed by atoms with van der Waals surface area (Å²) in [5.74, 6) is -0.0726. The Labute approximate surface area is 123 Å². The van der Waals surface area contributed by atoms with Crippen molar-refractivity contribution in [2.75, 3.05) is 10.6 Å². The Morgan fingerprint density at radius 2 is 2.05 bits per heavy atom. The van der Waals surface area contributed by atoms with Crippen LogP contribution < -0.4 is 10.6 Å². The van der Waals surface area contributed by atoms with Crippen molar-refractivity contribution in [1.29, 1.82) is 0 Å². The summed E-state index contributed by atoms with van der Waals surface area (Å²) in [6.45, 7) is 2.05. The van der Waals surface area contributed by atoms with Crippen molar-refractivity contribution in [3.8, 4) is 0 Å². The normalized spacial score (nSPS) is 17.1. The Kier molecular flexibility index (Phi) is 3.14. The largest absolute Gasteiger partial charge is 0.398 e. The third kappa shape index (κ3) is 2.04. The molecular weight excluding hydrogens is 272 g/mol. The Bertz CT molecular complexity index is 684. The molecule has 3 nitrogen and oxygen atoms in total. The van der Waals surface area contributed by atoms with Crippen molar-refractivity contribution in [1.82, 2.24) is 0 Å². The summed E-state index contributed by atoms with van der Waals surface area (Å²) < 4.78 is 0. The van der Waals surface area contributed by atoms with E-state index in [9.17, 15) is 4.79 Å². The van der Waals surface area contributed by atoms with Crippen molar-refractivity contribution >= 4 is 28.9 Å². The molecule has 0 aliphatic carbocycles. The number of hydrogen-bond acceptors (Lipinski definition) is 2. The van der Waals surface area contributed by atoms with E-state index in [0.717, 1.165) is 12.1 Å². The number of carbonyl (C=O) groups is 1. The summed E-state index contributed by atoms with van der Waals surface area (Å²) >= 11 is 5.89. The van der Waals surface area contributed by atoms with E-state index in [1.165, 1.54) is 5.56 Å². The highest BCUT2D eigenvalue weighted by molar-refractivity contribution is 6.31. The van der Waals surface area contributed by atoms with Crippen LogP contribution in [-0.2, 0) is 6.42 Å². The fourth-order valence-corrected chi connectivity index (χ4v) is 2.91. The first-order valence-electron chi connectivity index (χ1n) is 6.54. The van der Waals surface area contributed by atoms with E-state index in [0.29, 0.717) is 16.3 Å². The van der Waals surface area contributed by atoms with Gasteiger partial charge in [0.2, 0.25) is 0 Å². The van der Waals surface area contributed by atoms with E-state index in [-0.39, 0.29) is 11.9 Å². The van der Waals surface area contributed by atoms with Gasteiger partial charge in [0.15, 0.2) is 0 Å². The van der Waals surface area contributed by atoms with Crippen LogP contribution in [0.25, 0.3) is 0 Å². The molecule has 2 aromatic carbocycles. The van der Waals surface area contributed by atoms with Crippen molar-refractivity contribution < 1.29 is 4.79 Å². The molecule has 4 heteroatoms. The molecule has 0 fully saturated rings. The molecule has 0 spiro atoms. The maximum Gasteiger partial charge on any atom is 0.260 e. The number of nitrogens with two attached hydrogens (primary N) is 1. The molecule has 0 saturated heterocycles. The van der Waals surface area contributed by atoms with Crippen LogP contribution >= 0.6 is 11.6 Å². The number of nitrogens with zero attached hydrogens (tertiary/aromatic N) is 1. The highest BCUT2D eigenvalue weighted by atomic mass is 35.5. The lowest BCUT2D eigenvalue weighted by atomic mass is 10.1. The van der Waals surface area contributed by atoms with Gasteiger partial charge >= 0.3 is 0 Å². The van der Waals surface area contributed by atoms with E-state index in [4.69, 9.17) is 17.3 Å². The van der Waals surface area contributed by atoms with E-state index >= 15 is 0 Å². The van der Waals surface area contributed by atoms with Crippen LogP contribution in [0.15, 0.2) is 42.5 Å². The second-order valence-electron chi connectivity index (χ2n) is 5.09. The first kappa shape index (κ1) is 13.0. The molecule has 1 aliphatic heterocycles. The van der Waals surface area contributed by atoms with Gasteiger partial charge in [-0.15, -0.1) is 0 Å². The lowest BCUT2D eigenvalue weighted by Crippen LogP contribution is -2.36. The van der Waals surface area contributed by atoms with Gasteiger partial charge in [-0.3, -0.25) is 4.79 Å². The Morgan fingerprint density at radius 3 is 2.80 bits per heavy atom. The molecule has 0 radical (unpaired) electrons. The quantitative estimate of drug-likeness (QED) is 0.816. The molecule has 0 aromatic heterocycles. The standard InChI is InChI=1S/C16H15ClN2O/c1-10-8-11-4-2-3-5-15(11)19(10)16(20)13-7-6-12(17)9-14(13)18/h2-7,9-10H,8,18H2,1H3. The topological polar surface area (TPSA) is 46.3 Å². The molecule has 2 aromatic rings. The molecule has 3 rings (SSSR count). The second kappa shape index (κ2) is 4.84. The number of anilines is 2. The highest BCUT2D eigenvalue weighted by Crippen LogP contribution is 2.34. The van der Waals surface area contributed by atoms with Gasteiger partial charge in [0, 0.05) is 22.4 Å². The van der Waals surface area contributed by atoms with E-state index in [1.807, 2.05) is 30.0 Å². The number of amides is 1. The minimum atomic E-state index is -0.0726. The molecule has 0 bridgehead atoms. The van der Waals surface area contributed by atoms with Crippen LogP contribution in [-0.4, -0.2) is 11.9 Å². The van der Waals surface area contributed by atoms with E-state index in [2.05, 4.69) is 6.07 Å². The lowest BCUT2D eigenvalue weighted by Gasteiger charge is -2.23. The van der Waals surface area contributed by atoms with Gasteiger partial charge < -0.3 is 10.6 Å². The summed E-state index contributed by atoms with van der Waals surface area (Å²) in [6, 6.07) is 13.1. The Morgan fingerprint density at radius 1 is 1.30 bits per heavy atom. The monoisotopic (exact) mass is 286 g/mol. The summed E-state index contributed by atoms with van der Waals surface area (Å²) in [5, 5.41) is 0.536. The van der Waals surface area contributed by atoms with Gasteiger partial charge in [-0.2, -0.15) is 0 Å². The maximum atomic E-state index is 12.8. The van der Waals surface area contributed by atoms with Gasteiger partial charge in [-0.05, 0) is 43.2 Å². The van der Waals surface area contributed by atoms with Crippen LogP contribution in [0.2, 0.25) is 5.02 Å². The SMILES string of the molecule is CC1Cc2ccccc2N1C(=O)c1ccc(Cl)cc1N. The minimum absolute atomic E-state index is 0.0726. The first-order valence-corrected chi connectivity index (χ1v) is 6.92. The zero-order chi connectivity index (χ0) is 14.3. The predicted molar refractivity (Wildman–Crippen MR) is 82.3 cm³/mol. The van der Waals surface area contributed by atoms with Crippen LogP contribution in [0.5, 0.6) is 0 Å². The van der Waals surface area contributed by atoms with Gasteiger partial charge in [-0.25, -0.2) is 0 Å². The van der Waals surface area contributed by atoms with E-state index < -0.39 is 0 Å². The van der Waals surface area contributed by atoms with Gasteiger partial charge in [0.05, 0.1) is 5.56 Å². The third-order valence-electron chi connectivity index (χ3n) is 3.67. The summed E-state index contributed by atoms with van der Waals surface area (Å²) in [5.41, 5.74) is 9.00. The van der Waals surface area contributed by atoms with Gasteiger partial charge in [0.25, 0.3) is 5.91 Å². The molecule has 102 valence electrons. The average molecular weight is 287 g/mol. The summed E-state index contributed by atoms with van der Waals surface area (Å²) in [6.07, 6.45) is 0.870. The molecule has 20 heavy (non-hydrogen) atoms. The molecule has 1 heterocycles. The van der Waals surface area contributed by atoms with Crippen LogP contribution in [0.3, 0.4) is 0 Å². The summed E-state index contributed by atoms with van der Waals surface area (Å²) in [7, 11) is 0. The number of hydrogen-bond donors (Lipinski definition) is 1.